The number of rotatable bonds is 7. The average molecular weight is 352 g/mol. The molecule has 0 saturated carbocycles. The molecule has 0 aliphatic carbocycles. The predicted octanol–water partition coefficient (Wildman–Crippen LogP) is 4.12. The van der Waals surface area contributed by atoms with Gasteiger partial charge in [-0.3, -0.25) is 0 Å². The largest absolute Gasteiger partial charge is 0.493 e. The van der Waals surface area contributed by atoms with Crippen molar-refractivity contribution in [3.05, 3.63) is 58.6 Å². The van der Waals surface area contributed by atoms with Gasteiger partial charge in [-0.05, 0) is 48.9 Å². The Hall–Kier alpha value is -0.970. The maximum absolute atomic E-state index is 5.79. The molecule has 0 bridgehead atoms. The van der Waals surface area contributed by atoms with Crippen molar-refractivity contribution < 1.29 is 4.74 Å². The highest BCUT2D eigenvalue weighted by atomic mass is 79.9. The summed E-state index contributed by atoms with van der Waals surface area (Å²) in [5, 5.41) is 0. The van der Waals surface area contributed by atoms with Crippen LogP contribution >= 0.6 is 27.7 Å². The monoisotopic (exact) mass is 351 g/mol. The first kappa shape index (κ1) is 15.4. The van der Waals surface area contributed by atoms with E-state index in [-0.39, 0.29) is 0 Å². The summed E-state index contributed by atoms with van der Waals surface area (Å²) in [6.07, 6.45) is 0.858. The second-order valence-corrected chi connectivity index (χ2v) is 6.32. The van der Waals surface area contributed by atoms with Gasteiger partial charge in [-0.2, -0.15) is 0 Å². The van der Waals surface area contributed by atoms with E-state index in [0.29, 0.717) is 13.2 Å². The molecule has 2 aromatic carbocycles. The van der Waals surface area contributed by atoms with Crippen LogP contribution < -0.4 is 10.5 Å². The molecular formula is C16H18BrNOS. The third-order valence-corrected chi connectivity index (χ3v) is 4.54. The Balaban J connectivity index is 1.80. The smallest absolute Gasteiger partial charge is 0.119 e. The summed E-state index contributed by atoms with van der Waals surface area (Å²) in [5.74, 6) is 1.84. The Labute approximate surface area is 132 Å². The quantitative estimate of drug-likeness (QED) is 0.601. The van der Waals surface area contributed by atoms with Gasteiger partial charge < -0.3 is 10.5 Å². The van der Waals surface area contributed by atoms with E-state index >= 15 is 0 Å². The highest BCUT2D eigenvalue weighted by Crippen LogP contribution is 2.23. The summed E-state index contributed by atoms with van der Waals surface area (Å²) >= 11 is 5.33. The fraction of sp³-hybridized carbons (Fsp3) is 0.250. The Morgan fingerprint density at radius 3 is 2.65 bits per heavy atom. The van der Waals surface area contributed by atoms with E-state index in [9.17, 15) is 0 Å². The second-order valence-electron chi connectivity index (χ2n) is 4.30. The minimum absolute atomic E-state index is 0.645. The number of ether oxygens (including phenoxy) is 1. The van der Waals surface area contributed by atoms with Gasteiger partial charge in [0, 0.05) is 15.1 Å². The van der Waals surface area contributed by atoms with Crippen LogP contribution in [0.4, 0.5) is 0 Å². The predicted molar refractivity (Wildman–Crippen MR) is 89.6 cm³/mol. The summed E-state index contributed by atoms with van der Waals surface area (Å²) in [5.41, 5.74) is 6.80. The first-order valence-corrected chi connectivity index (χ1v) is 8.36. The van der Waals surface area contributed by atoms with E-state index in [1.54, 1.807) is 11.8 Å². The molecule has 0 fully saturated rings. The lowest BCUT2D eigenvalue weighted by atomic mass is 10.1. The van der Waals surface area contributed by atoms with Gasteiger partial charge in [-0.15, -0.1) is 11.8 Å². The number of benzene rings is 2. The molecule has 2 N–H and O–H groups in total. The maximum atomic E-state index is 5.79. The van der Waals surface area contributed by atoms with Crippen LogP contribution in [0.2, 0.25) is 0 Å². The third kappa shape index (κ3) is 4.85. The van der Waals surface area contributed by atoms with Gasteiger partial charge in [0.2, 0.25) is 0 Å². The van der Waals surface area contributed by atoms with Crippen molar-refractivity contribution in [3.8, 4) is 5.75 Å². The molecule has 106 valence electrons. The Kier molecular flexibility index (Phi) is 6.43. The molecule has 4 heteroatoms. The summed E-state index contributed by atoms with van der Waals surface area (Å²) < 4.78 is 6.88. The SMILES string of the molecule is NCCc1cc(OCCSc2ccccc2)ccc1Br. The highest BCUT2D eigenvalue weighted by Gasteiger charge is 2.02. The van der Waals surface area contributed by atoms with Crippen LogP contribution in [-0.4, -0.2) is 18.9 Å². The molecule has 0 radical (unpaired) electrons. The Morgan fingerprint density at radius 2 is 1.90 bits per heavy atom. The summed E-state index contributed by atoms with van der Waals surface area (Å²) in [4.78, 5) is 1.27. The zero-order valence-corrected chi connectivity index (χ0v) is 13.6. The molecular weight excluding hydrogens is 334 g/mol. The van der Waals surface area contributed by atoms with Gasteiger partial charge in [-0.25, -0.2) is 0 Å². The molecule has 0 spiro atoms. The van der Waals surface area contributed by atoms with Crippen molar-refractivity contribution in [2.45, 2.75) is 11.3 Å². The van der Waals surface area contributed by atoms with Crippen LogP contribution in [0.3, 0.4) is 0 Å². The lowest BCUT2D eigenvalue weighted by molar-refractivity contribution is 0.343. The lowest BCUT2D eigenvalue weighted by Gasteiger charge is -2.09. The van der Waals surface area contributed by atoms with Gasteiger partial charge in [0.25, 0.3) is 0 Å². The first-order valence-electron chi connectivity index (χ1n) is 6.59. The van der Waals surface area contributed by atoms with E-state index in [1.807, 2.05) is 18.2 Å². The minimum atomic E-state index is 0.645. The Bertz CT molecular complexity index is 533. The zero-order chi connectivity index (χ0) is 14.2. The number of hydrogen-bond donors (Lipinski definition) is 1. The maximum Gasteiger partial charge on any atom is 0.119 e. The van der Waals surface area contributed by atoms with Crippen molar-refractivity contribution in [3.63, 3.8) is 0 Å². The summed E-state index contributed by atoms with van der Waals surface area (Å²) in [6.45, 7) is 1.34. The van der Waals surface area contributed by atoms with Gasteiger partial charge in [0.1, 0.15) is 5.75 Å². The van der Waals surface area contributed by atoms with E-state index in [2.05, 4.69) is 46.3 Å². The van der Waals surface area contributed by atoms with E-state index in [4.69, 9.17) is 10.5 Å². The molecule has 0 heterocycles. The number of nitrogens with two attached hydrogens (primary N) is 1. The van der Waals surface area contributed by atoms with Crippen LogP contribution in [-0.2, 0) is 6.42 Å². The van der Waals surface area contributed by atoms with E-state index in [0.717, 1.165) is 22.4 Å². The molecule has 20 heavy (non-hydrogen) atoms. The van der Waals surface area contributed by atoms with Crippen molar-refractivity contribution in [2.75, 3.05) is 18.9 Å². The molecule has 0 aromatic heterocycles. The molecule has 2 rings (SSSR count). The first-order chi connectivity index (χ1) is 9.79. The highest BCUT2D eigenvalue weighted by molar-refractivity contribution is 9.10. The molecule has 2 nitrogen and oxygen atoms in total. The van der Waals surface area contributed by atoms with Gasteiger partial charge in [0.15, 0.2) is 0 Å². The molecule has 0 saturated heterocycles. The van der Waals surface area contributed by atoms with Crippen LogP contribution in [0, 0.1) is 0 Å². The van der Waals surface area contributed by atoms with Gasteiger partial charge >= 0.3 is 0 Å². The standard InChI is InChI=1S/C16H18BrNOS/c17-16-7-6-14(12-13(16)8-9-18)19-10-11-20-15-4-2-1-3-5-15/h1-7,12H,8-11,18H2. The van der Waals surface area contributed by atoms with Crippen LogP contribution in [0.15, 0.2) is 57.9 Å². The van der Waals surface area contributed by atoms with Crippen LogP contribution in [0.25, 0.3) is 0 Å². The van der Waals surface area contributed by atoms with Crippen molar-refractivity contribution in [1.82, 2.24) is 0 Å². The van der Waals surface area contributed by atoms with Crippen molar-refractivity contribution in [1.29, 1.82) is 0 Å². The molecule has 0 atom stereocenters. The third-order valence-electron chi connectivity index (χ3n) is 2.79. The topological polar surface area (TPSA) is 35.2 Å². The van der Waals surface area contributed by atoms with Gasteiger partial charge in [-0.1, -0.05) is 34.1 Å². The van der Waals surface area contributed by atoms with Crippen LogP contribution in [0.5, 0.6) is 5.75 Å². The molecule has 0 amide bonds. The molecule has 0 aliphatic heterocycles. The normalized spacial score (nSPS) is 10.5. The molecule has 0 aliphatic rings. The zero-order valence-electron chi connectivity index (χ0n) is 11.2. The number of halogens is 1. The average Bonchev–Trinajstić information content (AvgIpc) is 2.48. The van der Waals surface area contributed by atoms with E-state index in [1.165, 1.54) is 10.5 Å². The number of thioether (sulfide) groups is 1. The van der Waals surface area contributed by atoms with Crippen LogP contribution in [0.1, 0.15) is 5.56 Å². The van der Waals surface area contributed by atoms with Crippen molar-refractivity contribution in [2.24, 2.45) is 5.73 Å². The minimum Gasteiger partial charge on any atom is -0.493 e. The summed E-state index contributed by atoms with van der Waals surface area (Å²) in [6, 6.07) is 16.4. The van der Waals surface area contributed by atoms with E-state index < -0.39 is 0 Å². The lowest BCUT2D eigenvalue weighted by Crippen LogP contribution is -2.04. The summed E-state index contributed by atoms with van der Waals surface area (Å²) in [7, 11) is 0. The Morgan fingerprint density at radius 1 is 1.10 bits per heavy atom. The number of hydrogen-bond acceptors (Lipinski definition) is 3. The van der Waals surface area contributed by atoms with Crippen molar-refractivity contribution >= 4 is 27.7 Å². The van der Waals surface area contributed by atoms with Gasteiger partial charge in [0.05, 0.1) is 6.61 Å². The fourth-order valence-corrected chi connectivity index (χ4v) is 3.02. The second kappa shape index (κ2) is 8.35. The molecule has 2 aromatic rings. The molecule has 0 unspecified atom stereocenters. The fourth-order valence-electron chi connectivity index (χ4n) is 1.82.